The second-order valence-corrected chi connectivity index (χ2v) is 14.9. The van der Waals surface area contributed by atoms with Crippen LogP contribution in [0, 0.1) is 0 Å². The molecule has 0 aliphatic heterocycles. The van der Waals surface area contributed by atoms with Crippen LogP contribution in [0.4, 0.5) is 0 Å². The highest BCUT2D eigenvalue weighted by atomic mass is 32.1. The Morgan fingerprint density at radius 3 is 1.41 bits per heavy atom. The van der Waals surface area contributed by atoms with Gasteiger partial charge in [0.2, 0.25) is 0 Å². The molecule has 0 aliphatic rings. The van der Waals surface area contributed by atoms with E-state index < -0.39 is 8.80 Å². The summed E-state index contributed by atoms with van der Waals surface area (Å²) in [6.45, 7) is 8.40. The molecule has 0 amide bonds. The highest BCUT2D eigenvalue weighted by molar-refractivity contribution is 7.80. The van der Waals surface area contributed by atoms with Gasteiger partial charge >= 0.3 is 8.80 Å². The zero-order valence-corrected chi connectivity index (χ0v) is 27.8. The van der Waals surface area contributed by atoms with Crippen molar-refractivity contribution in [3.05, 3.63) is 0 Å². The van der Waals surface area contributed by atoms with E-state index in [1.807, 2.05) is 0 Å². The smallest absolute Gasteiger partial charge is 0.373 e. The van der Waals surface area contributed by atoms with Gasteiger partial charge in [0.05, 0.1) is 13.2 Å². The minimum absolute atomic E-state index is 0.393. The Kier molecular flexibility index (Phi) is 26.8. The molecule has 0 fully saturated rings. The Bertz CT molecular complexity index is 458. The predicted molar refractivity (Wildman–Crippen MR) is 168 cm³/mol. The molecular weight excluding hydrogens is 496 g/mol. The van der Waals surface area contributed by atoms with E-state index in [2.05, 4.69) is 51.8 Å². The number of nitrogens with zero attached hydrogens (tertiary/aromatic N) is 2. The van der Waals surface area contributed by atoms with Crippen molar-refractivity contribution in [2.24, 2.45) is 0 Å². The second-order valence-electron chi connectivity index (χ2n) is 11.4. The zero-order valence-electron chi connectivity index (χ0n) is 25.9. The highest BCUT2D eigenvalue weighted by Gasteiger charge is 2.41. The fourth-order valence-corrected chi connectivity index (χ4v) is 7.60. The van der Waals surface area contributed by atoms with E-state index in [0.29, 0.717) is 18.5 Å². The summed E-state index contributed by atoms with van der Waals surface area (Å²) >= 11 is 4.94. The van der Waals surface area contributed by atoms with Crippen LogP contribution in [0.2, 0.25) is 6.04 Å². The number of hydrogen-bond donors (Lipinski definition) is 1. The number of thiol groups is 1. The lowest BCUT2D eigenvalue weighted by atomic mass is 10.1. The third-order valence-corrected chi connectivity index (χ3v) is 10.3. The second kappa shape index (κ2) is 26.6. The van der Waals surface area contributed by atoms with Gasteiger partial charge in [-0.2, -0.15) is 12.6 Å². The summed E-state index contributed by atoms with van der Waals surface area (Å²) in [5, 5.41) is 0.393. The fourth-order valence-electron chi connectivity index (χ4n) is 4.40. The molecular formula is C30H66N2O3SSi. The van der Waals surface area contributed by atoms with Crippen molar-refractivity contribution in [1.82, 2.24) is 9.80 Å². The van der Waals surface area contributed by atoms with Gasteiger partial charge in [-0.25, -0.2) is 0 Å². The summed E-state index contributed by atoms with van der Waals surface area (Å²) in [4.78, 5) is 4.33. The van der Waals surface area contributed by atoms with Crippen molar-refractivity contribution in [1.29, 1.82) is 0 Å². The van der Waals surface area contributed by atoms with Crippen molar-refractivity contribution in [2.45, 2.75) is 134 Å². The van der Waals surface area contributed by atoms with Crippen LogP contribution in [0.25, 0.3) is 0 Å². The van der Waals surface area contributed by atoms with Crippen molar-refractivity contribution >= 4 is 21.4 Å². The Labute approximate surface area is 239 Å². The third-order valence-electron chi connectivity index (χ3n) is 6.97. The van der Waals surface area contributed by atoms with Crippen molar-refractivity contribution in [3.8, 4) is 0 Å². The van der Waals surface area contributed by atoms with Crippen LogP contribution in [0.5, 0.6) is 0 Å². The molecule has 0 spiro atoms. The molecule has 37 heavy (non-hydrogen) atoms. The third kappa shape index (κ3) is 25.1. The van der Waals surface area contributed by atoms with Crippen LogP contribution in [-0.2, 0) is 13.3 Å². The van der Waals surface area contributed by atoms with Gasteiger partial charge in [-0.3, -0.25) is 0 Å². The molecule has 7 heteroatoms. The van der Waals surface area contributed by atoms with E-state index in [-0.39, 0.29) is 0 Å². The summed E-state index contributed by atoms with van der Waals surface area (Å²) in [7, 11) is 5.61. The Balaban J connectivity index is 4.70. The predicted octanol–water partition coefficient (Wildman–Crippen LogP) is 8.07. The lowest BCUT2D eigenvalue weighted by molar-refractivity contribution is 0.0492. The molecule has 0 aromatic heterocycles. The summed E-state index contributed by atoms with van der Waals surface area (Å²) in [5.74, 6) is 0. The van der Waals surface area contributed by atoms with Crippen molar-refractivity contribution < 1.29 is 13.3 Å². The lowest BCUT2D eigenvalue weighted by Crippen LogP contribution is -2.48. The molecule has 1 unspecified atom stereocenters. The monoisotopic (exact) mass is 562 g/mol. The van der Waals surface area contributed by atoms with E-state index in [4.69, 9.17) is 25.9 Å². The molecule has 0 saturated carbocycles. The first-order chi connectivity index (χ1) is 17.8. The van der Waals surface area contributed by atoms with Gasteiger partial charge in [-0.1, -0.05) is 104 Å². The van der Waals surface area contributed by atoms with Crippen LogP contribution in [0.15, 0.2) is 0 Å². The first-order valence-corrected chi connectivity index (χ1v) is 18.2. The van der Waals surface area contributed by atoms with E-state index in [1.54, 1.807) is 0 Å². The maximum Gasteiger partial charge on any atom is 0.501 e. The van der Waals surface area contributed by atoms with Crippen LogP contribution in [0.3, 0.4) is 0 Å². The van der Waals surface area contributed by atoms with Crippen molar-refractivity contribution in [2.75, 3.05) is 61.1 Å². The van der Waals surface area contributed by atoms with Gasteiger partial charge in [-0.05, 0) is 47.5 Å². The molecule has 1 atom stereocenters. The molecule has 0 aromatic rings. The minimum Gasteiger partial charge on any atom is -0.373 e. The molecule has 224 valence electrons. The van der Waals surface area contributed by atoms with E-state index >= 15 is 0 Å². The molecule has 0 aromatic carbocycles. The molecule has 0 radical (unpaired) electrons. The van der Waals surface area contributed by atoms with Gasteiger partial charge in [0.1, 0.15) is 0 Å². The number of likely N-dealkylation sites (N-methyl/N-ethyl adjacent to an activating group) is 2. The maximum atomic E-state index is 6.60. The van der Waals surface area contributed by atoms with Gasteiger partial charge < -0.3 is 23.1 Å². The fraction of sp³-hybridized carbons (Fsp3) is 1.00. The Morgan fingerprint density at radius 2 is 0.946 bits per heavy atom. The topological polar surface area (TPSA) is 34.2 Å². The Morgan fingerprint density at radius 1 is 0.541 bits per heavy atom. The van der Waals surface area contributed by atoms with Crippen LogP contribution < -0.4 is 0 Å². The number of hydrogen-bond acceptors (Lipinski definition) is 6. The molecule has 0 heterocycles. The Hall–Kier alpha value is 0.367. The summed E-state index contributed by atoms with van der Waals surface area (Å²) in [6.07, 6.45) is 22.1. The van der Waals surface area contributed by atoms with Gasteiger partial charge in [0.15, 0.2) is 0 Å². The summed E-state index contributed by atoms with van der Waals surface area (Å²) in [5.41, 5.74) is 0. The highest BCUT2D eigenvalue weighted by Crippen LogP contribution is 2.24. The first-order valence-electron chi connectivity index (χ1n) is 15.7. The standard InChI is InChI=1S/C30H66N2O3SSi/c1-7-9-11-13-14-15-16-17-19-21-26-33-37(34-27-24-31(3)4,35-28-25-32(5)6)29-23-30(36)22-20-18-12-10-8-2/h30,36H,7-29H2,1-6H3. The normalized spacial score (nSPS) is 13.2. The maximum absolute atomic E-state index is 6.60. The molecule has 0 bridgehead atoms. The van der Waals surface area contributed by atoms with Gasteiger partial charge in [-0.15, -0.1) is 0 Å². The van der Waals surface area contributed by atoms with Gasteiger partial charge in [0.25, 0.3) is 0 Å². The average Bonchev–Trinajstić information content (AvgIpc) is 2.85. The summed E-state index contributed by atoms with van der Waals surface area (Å²) in [6, 6.07) is 0.870. The van der Waals surface area contributed by atoms with Crippen LogP contribution >= 0.6 is 12.6 Å². The summed E-state index contributed by atoms with van der Waals surface area (Å²) < 4.78 is 19.6. The van der Waals surface area contributed by atoms with E-state index in [1.165, 1.54) is 96.3 Å². The van der Waals surface area contributed by atoms with E-state index in [9.17, 15) is 0 Å². The molecule has 0 rings (SSSR count). The first kappa shape index (κ1) is 37.4. The van der Waals surface area contributed by atoms with Crippen LogP contribution in [-0.4, -0.2) is 85.0 Å². The van der Waals surface area contributed by atoms with Gasteiger partial charge in [0, 0.05) is 31.0 Å². The largest absolute Gasteiger partial charge is 0.501 e. The van der Waals surface area contributed by atoms with E-state index in [0.717, 1.165) is 38.6 Å². The lowest BCUT2D eigenvalue weighted by Gasteiger charge is -2.31. The molecule has 0 saturated heterocycles. The molecule has 5 nitrogen and oxygen atoms in total. The van der Waals surface area contributed by atoms with Crippen molar-refractivity contribution in [3.63, 3.8) is 0 Å². The molecule has 0 aliphatic carbocycles. The minimum atomic E-state index is -2.75. The molecule has 0 N–H and O–H groups in total. The zero-order chi connectivity index (χ0) is 27.6. The number of unbranched alkanes of at least 4 members (excludes halogenated alkanes) is 13. The number of rotatable bonds is 29. The average molecular weight is 563 g/mol. The van der Waals surface area contributed by atoms with Crippen LogP contribution in [0.1, 0.15) is 123 Å². The SMILES string of the molecule is CCCCCCCCCCCCO[Si](CCC(S)CCCCCCC)(OCCN(C)C)OCCN(C)C. The quantitative estimate of drug-likeness (QED) is 0.0566.